The van der Waals surface area contributed by atoms with Gasteiger partial charge < -0.3 is 19.4 Å². The van der Waals surface area contributed by atoms with Gasteiger partial charge in [-0.15, -0.1) is 12.4 Å². The van der Waals surface area contributed by atoms with Crippen molar-refractivity contribution in [2.75, 3.05) is 66.5 Å². The van der Waals surface area contributed by atoms with Crippen molar-refractivity contribution in [2.45, 2.75) is 32.2 Å². The van der Waals surface area contributed by atoms with E-state index in [1.165, 1.54) is 26.0 Å². The average molecular weight is 454 g/mol. The Balaban J connectivity index is 0.00000363. The lowest BCUT2D eigenvalue weighted by molar-refractivity contribution is -0.134. The maximum Gasteiger partial charge on any atom is 0.254 e. The molecular weight excluding hydrogens is 416 g/mol. The number of rotatable bonds is 7. The molecule has 0 spiro atoms. The Morgan fingerprint density at radius 1 is 1.13 bits per heavy atom. The molecule has 0 saturated carbocycles. The summed E-state index contributed by atoms with van der Waals surface area (Å²) in [5.41, 5.74) is 0.300. The molecule has 2 fully saturated rings. The highest BCUT2D eigenvalue weighted by molar-refractivity contribution is 5.96. The Morgan fingerprint density at radius 2 is 1.81 bits per heavy atom. The highest BCUT2D eigenvalue weighted by atomic mass is 35.5. The van der Waals surface area contributed by atoms with Gasteiger partial charge in [-0.3, -0.25) is 14.5 Å². The van der Waals surface area contributed by atoms with Crippen molar-refractivity contribution in [3.63, 3.8) is 0 Å². The van der Waals surface area contributed by atoms with Crippen molar-refractivity contribution in [3.05, 3.63) is 29.8 Å². The number of hydrogen-bond donors (Lipinski definition) is 0. The number of likely N-dealkylation sites (tertiary alicyclic amines) is 1. The summed E-state index contributed by atoms with van der Waals surface area (Å²) in [5.74, 6) is 0.264. The van der Waals surface area contributed by atoms with E-state index in [1.54, 1.807) is 17.0 Å². The van der Waals surface area contributed by atoms with Crippen LogP contribution in [0, 0.1) is 0 Å². The summed E-state index contributed by atoms with van der Waals surface area (Å²) in [6.07, 6.45) is 3.15. The molecule has 2 amide bonds. The molecule has 0 N–H and O–H groups in total. The van der Waals surface area contributed by atoms with Gasteiger partial charge in [-0.25, -0.2) is 0 Å². The van der Waals surface area contributed by atoms with Crippen LogP contribution in [0.3, 0.4) is 0 Å². The van der Waals surface area contributed by atoms with Crippen LogP contribution in [-0.4, -0.2) is 104 Å². The molecule has 2 aliphatic rings. The molecule has 7 nitrogen and oxygen atoms in total. The molecular formula is C23H37ClN4O3. The van der Waals surface area contributed by atoms with Crippen LogP contribution in [0.2, 0.25) is 0 Å². The molecule has 1 aromatic carbocycles. The molecule has 2 saturated heterocycles. The van der Waals surface area contributed by atoms with Crippen LogP contribution >= 0.6 is 12.4 Å². The fraction of sp³-hybridized carbons (Fsp3) is 0.652. The predicted molar refractivity (Wildman–Crippen MR) is 125 cm³/mol. The van der Waals surface area contributed by atoms with Gasteiger partial charge in [0.25, 0.3) is 5.91 Å². The summed E-state index contributed by atoms with van der Waals surface area (Å²) in [6, 6.07) is 5.56. The third-order valence-corrected chi connectivity index (χ3v) is 6.23. The van der Waals surface area contributed by atoms with Crippen LogP contribution in [0.15, 0.2) is 24.2 Å². The molecule has 174 valence electrons. The van der Waals surface area contributed by atoms with Crippen LogP contribution in [0.1, 0.15) is 37.9 Å². The van der Waals surface area contributed by atoms with Gasteiger partial charge in [-0.2, -0.15) is 0 Å². The van der Waals surface area contributed by atoms with Gasteiger partial charge in [0.2, 0.25) is 5.91 Å². The lowest BCUT2D eigenvalue weighted by Crippen LogP contribution is -2.55. The molecule has 8 heteroatoms. The van der Waals surface area contributed by atoms with Crippen LogP contribution in [0.4, 0.5) is 0 Å². The first-order valence-electron chi connectivity index (χ1n) is 11.6. The SMILES string of the molecule is Cl.[2H]c1cc(OC)ccc1C(=O)N(CCC)CC(=O)N1CCN(C2CCN(C)CC2)CC1. The first kappa shape index (κ1) is 23.8. The quantitative estimate of drug-likeness (QED) is 0.633. The van der Waals surface area contributed by atoms with E-state index < -0.39 is 0 Å². The Morgan fingerprint density at radius 3 is 2.39 bits per heavy atom. The second kappa shape index (κ2) is 12.3. The Bertz CT molecular complexity index is 766. The minimum absolute atomic E-state index is 0. The molecule has 1 aromatic rings. The molecule has 0 atom stereocenters. The van der Waals surface area contributed by atoms with Crippen molar-refractivity contribution in [1.82, 2.24) is 19.6 Å². The second-order valence-corrected chi connectivity index (χ2v) is 8.32. The number of methoxy groups -OCH3 is 1. The number of amides is 2. The largest absolute Gasteiger partial charge is 0.497 e. The maximum absolute atomic E-state index is 13.0. The van der Waals surface area contributed by atoms with Crippen molar-refractivity contribution in [2.24, 2.45) is 0 Å². The highest BCUT2D eigenvalue weighted by Crippen LogP contribution is 2.18. The zero-order valence-electron chi connectivity index (χ0n) is 20.0. The van der Waals surface area contributed by atoms with E-state index in [0.717, 1.165) is 32.6 Å². The molecule has 0 bridgehead atoms. The van der Waals surface area contributed by atoms with Gasteiger partial charge in [0.15, 0.2) is 0 Å². The Kier molecular flexibility index (Phi) is 9.43. The number of benzene rings is 1. The second-order valence-electron chi connectivity index (χ2n) is 8.32. The van der Waals surface area contributed by atoms with E-state index in [0.29, 0.717) is 37.0 Å². The van der Waals surface area contributed by atoms with Crippen molar-refractivity contribution in [1.29, 1.82) is 0 Å². The third-order valence-electron chi connectivity index (χ3n) is 6.23. The number of ether oxygens (including phenoxy) is 1. The number of halogens is 1. The van der Waals surface area contributed by atoms with Gasteiger partial charge in [0.1, 0.15) is 12.3 Å². The van der Waals surface area contributed by atoms with E-state index in [9.17, 15) is 9.59 Å². The summed E-state index contributed by atoms with van der Waals surface area (Å²) in [7, 11) is 3.70. The topological polar surface area (TPSA) is 56.3 Å². The third kappa shape index (κ3) is 6.82. The fourth-order valence-electron chi connectivity index (χ4n) is 4.32. The van der Waals surface area contributed by atoms with E-state index in [1.807, 2.05) is 11.8 Å². The zero-order valence-corrected chi connectivity index (χ0v) is 19.8. The van der Waals surface area contributed by atoms with E-state index >= 15 is 0 Å². The molecule has 3 rings (SSSR count). The van der Waals surface area contributed by atoms with Gasteiger partial charge in [-0.1, -0.05) is 6.92 Å². The van der Waals surface area contributed by atoms with E-state index in [-0.39, 0.29) is 36.8 Å². The lowest BCUT2D eigenvalue weighted by atomic mass is 10.0. The number of carbonyl (C=O) groups excluding carboxylic acids is 2. The molecule has 0 unspecified atom stereocenters. The van der Waals surface area contributed by atoms with Crippen molar-refractivity contribution >= 4 is 24.2 Å². The lowest BCUT2D eigenvalue weighted by Gasteiger charge is -2.42. The van der Waals surface area contributed by atoms with Gasteiger partial charge in [0, 0.05) is 44.3 Å². The summed E-state index contributed by atoms with van der Waals surface area (Å²) in [6.45, 7) is 8.05. The smallest absolute Gasteiger partial charge is 0.254 e. The number of carbonyl (C=O) groups is 2. The Labute approximate surface area is 194 Å². The first-order valence-corrected chi connectivity index (χ1v) is 11.1. The summed E-state index contributed by atoms with van der Waals surface area (Å²) >= 11 is 0. The molecule has 2 heterocycles. The maximum atomic E-state index is 13.0. The van der Waals surface area contributed by atoms with Gasteiger partial charge >= 0.3 is 0 Å². The monoisotopic (exact) mass is 453 g/mol. The highest BCUT2D eigenvalue weighted by Gasteiger charge is 2.29. The van der Waals surface area contributed by atoms with E-state index in [2.05, 4.69) is 16.8 Å². The van der Waals surface area contributed by atoms with Crippen LogP contribution in [0.5, 0.6) is 5.75 Å². The molecule has 31 heavy (non-hydrogen) atoms. The Hall–Kier alpha value is -1.83. The zero-order chi connectivity index (χ0) is 22.4. The summed E-state index contributed by atoms with van der Waals surface area (Å²) in [5, 5.41) is 0. The predicted octanol–water partition coefficient (Wildman–Crippen LogP) is 2.21. The van der Waals surface area contributed by atoms with Crippen LogP contribution in [-0.2, 0) is 4.79 Å². The summed E-state index contributed by atoms with van der Waals surface area (Å²) in [4.78, 5) is 34.4. The van der Waals surface area contributed by atoms with E-state index in [4.69, 9.17) is 6.11 Å². The number of hydrogen-bond acceptors (Lipinski definition) is 5. The average Bonchev–Trinajstić information content (AvgIpc) is 2.78. The number of nitrogens with zero attached hydrogens (tertiary/aromatic N) is 4. The number of piperidine rings is 1. The first-order chi connectivity index (χ1) is 14.9. The fourth-order valence-corrected chi connectivity index (χ4v) is 4.32. The van der Waals surface area contributed by atoms with Crippen LogP contribution < -0.4 is 4.74 Å². The molecule has 0 radical (unpaired) electrons. The standard InChI is InChI=1S/C23H36N4O3.ClH/c1-4-11-27(23(29)19-5-7-21(30-3)8-6-19)18-22(28)26-16-14-25(15-17-26)20-9-12-24(2)13-10-20;/h5-8,20H,4,9-18H2,1-3H3;1H/i5D;. The minimum atomic E-state index is -0.271. The molecule has 2 aliphatic heterocycles. The normalized spacial score (nSPS) is 18.8. The molecule has 0 aromatic heterocycles. The minimum Gasteiger partial charge on any atom is -0.497 e. The summed E-state index contributed by atoms with van der Waals surface area (Å²) < 4.78 is 13.3. The van der Waals surface area contributed by atoms with Crippen LogP contribution in [0.25, 0.3) is 0 Å². The van der Waals surface area contributed by atoms with Gasteiger partial charge in [0.05, 0.1) is 8.48 Å². The van der Waals surface area contributed by atoms with Crippen molar-refractivity contribution in [3.8, 4) is 5.75 Å². The van der Waals surface area contributed by atoms with Gasteiger partial charge in [-0.05, 0) is 63.6 Å². The molecule has 0 aliphatic carbocycles. The number of piperazine rings is 1. The van der Waals surface area contributed by atoms with Crippen molar-refractivity contribution < 1.29 is 15.7 Å².